The average Bonchev–Trinajstić information content (AvgIpc) is 3.04. The molecule has 3 rings (SSSR count). The lowest BCUT2D eigenvalue weighted by Crippen LogP contribution is -2.39. The van der Waals surface area contributed by atoms with E-state index in [0.717, 1.165) is 43.7 Å². The van der Waals surface area contributed by atoms with Gasteiger partial charge in [0.25, 0.3) is 10.0 Å². The number of rotatable bonds is 3. The maximum atomic E-state index is 12.7. The number of carboxylic acids is 1. The summed E-state index contributed by atoms with van der Waals surface area (Å²) in [7, 11) is -3.57. The zero-order valence-corrected chi connectivity index (χ0v) is 13.2. The van der Waals surface area contributed by atoms with Crippen molar-refractivity contribution in [2.24, 2.45) is 0 Å². The first-order valence-electron chi connectivity index (χ1n) is 7.06. The van der Waals surface area contributed by atoms with Gasteiger partial charge in [-0.15, -0.1) is 11.3 Å². The van der Waals surface area contributed by atoms with Crippen LogP contribution in [0.25, 0.3) is 0 Å². The summed E-state index contributed by atoms with van der Waals surface area (Å²) in [5.74, 6) is -1.08. The highest BCUT2D eigenvalue weighted by Crippen LogP contribution is 2.28. The molecule has 2 saturated heterocycles. The first kappa shape index (κ1) is 15.0. The lowest BCUT2D eigenvalue weighted by atomic mass is 10.2. The molecule has 1 unspecified atom stereocenters. The van der Waals surface area contributed by atoms with Crippen LogP contribution in [0.3, 0.4) is 0 Å². The highest BCUT2D eigenvalue weighted by atomic mass is 32.2. The Bertz CT molecular complexity index is 640. The van der Waals surface area contributed by atoms with Crippen molar-refractivity contribution in [3.05, 3.63) is 17.0 Å². The summed E-state index contributed by atoms with van der Waals surface area (Å²) in [5, 5.41) is 8.94. The van der Waals surface area contributed by atoms with E-state index < -0.39 is 16.0 Å². The Hall–Kier alpha value is -0.960. The molecule has 0 saturated carbocycles. The topological polar surface area (TPSA) is 77.9 Å². The van der Waals surface area contributed by atoms with Crippen molar-refractivity contribution < 1.29 is 18.3 Å². The Morgan fingerprint density at radius 2 is 2.00 bits per heavy atom. The van der Waals surface area contributed by atoms with E-state index in [4.69, 9.17) is 5.11 Å². The molecule has 6 nitrogen and oxygen atoms in total. The van der Waals surface area contributed by atoms with Gasteiger partial charge in [-0.2, -0.15) is 4.31 Å². The smallest absolute Gasteiger partial charge is 0.345 e. The molecular formula is C13H18N2O4S2. The minimum absolute atomic E-state index is 0.0610. The van der Waals surface area contributed by atoms with E-state index in [1.807, 2.05) is 0 Å². The number of nitrogens with zero attached hydrogens (tertiary/aromatic N) is 2. The first-order valence-corrected chi connectivity index (χ1v) is 9.31. The van der Waals surface area contributed by atoms with Crippen molar-refractivity contribution in [1.29, 1.82) is 0 Å². The SMILES string of the molecule is O=C(O)c1ccc(S(=O)(=O)N2CCCN3CCCC3C2)s1. The molecule has 1 N–H and O–H groups in total. The monoisotopic (exact) mass is 330 g/mol. The van der Waals surface area contributed by atoms with Gasteiger partial charge in [0.1, 0.15) is 9.09 Å². The number of fused-ring (bicyclic) bond motifs is 1. The number of carboxylic acid groups (broad SMARTS) is 1. The number of hydrogen-bond acceptors (Lipinski definition) is 5. The van der Waals surface area contributed by atoms with Gasteiger partial charge in [0.2, 0.25) is 0 Å². The van der Waals surface area contributed by atoms with E-state index >= 15 is 0 Å². The van der Waals surface area contributed by atoms with Crippen LogP contribution < -0.4 is 0 Å². The van der Waals surface area contributed by atoms with E-state index in [9.17, 15) is 13.2 Å². The summed E-state index contributed by atoms with van der Waals surface area (Å²) in [4.78, 5) is 13.3. The second-order valence-corrected chi connectivity index (χ2v) is 8.72. The van der Waals surface area contributed by atoms with Crippen LogP contribution in [0.4, 0.5) is 0 Å². The van der Waals surface area contributed by atoms with Crippen molar-refractivity contribution in [2.45, 2.75) is 29.5 Å². The van der Waals surface area contributed by atoms with Gasteiger partial charge in [0.15, 0.2) is 0 Å². The van der Waals surface area contributed by atoms with Crippen LogP contribution in [0.5, 0.6) is 0 Å². The van der Waals surface area contributed by atoms with Gasteiger partial charge in [-0.05, 0) is 44.5 Å². The normalized spacial score (nSPS) is 24.7. The fourth-order valence-electron chi connectivity index (χ4n) is 3.09. The minimum Gasteiger partial charge on any atom is -0.477 e. The van der Waals surface area contributed by atoms with Crippen LogP contribution in [0.1, 0.15) is 28.9 Å². The molecule has 1 aromatic heterocycles. The predicted molar refractivity (Wildman–Crippen MR) is 79.2 cm³/mol. The first-order chi connectivity index (χ1) is 9.98. The Morgan fingerprint density at radius 1 is 1.24 bits per heavy atom. The standard InChI is InChI=1S/C13H18N2O4S2/c16-13(17)11-4-5-12(20-11)21(18,19)15-8-2-7-14-6-1-3-10(14)9-15/h4-5,10H,1-3,6-9H2,(H,16,17). The molecule has 1 atom stereocenters. The van der Waals surface area contributed by atoms with E-state index in [0.29, 0.717) is 19.1 Å². The fraction of sp³-hybridized carbons (Fsp3) is 0.615. The zero-order chi connectivity index (χ0) is 15.0. The van der Waals surface area contributed by atoms with E-state index in [1.165, 1.54) is 16.4 Å². The van der Waals surface area contributed by atoms with E-state index in [1.54, 1.807) is 0 Å². The molecular weight excluding hydrogens is 312 g/mol. The van der Waals surface area contributed by atoms with Crippen molar-refractivity contribution in [3.63, 3.8) is 0 Å². The molecule has 2 fully saturated rings. The van der Waals surface area contributed by atoms with Gasteiger partial charge in [-0.1, -0.05) is 0 Å². The molecule has 0 bridgehead atoms. The third-order valence-corrected chi connectivity index (χ3v) is 7.56. The maximum absolute atomic E-state index is 12.7. The van der Waals surface area contributed by atoms with E-state index in [-0.39, 0.29) is 9.09 Å². The second-order valence-electron chi connectivity index (χ2n) is 5.47. The largest absolute Gasteiger partial charge is 0.477 e. The Labute approximate surface area is 128 Å². The number of sulfonamides is 1. The van der Waals surface area contributed by atoms with Crippen LogP contribution in [-0.4, -0.2) is 60.9 Å². The minimum atomic E-state index is -3.57. The molecule has 0 aromatic carbocycles. The quantitative estimate of drug-likeness (QED) is 0.904. The Balaban J connectivity index is 1.84. The molecule has 1 aromatic rings. The number of thiophene rings is 1. The van der Waals surface area contributed by atoms with Crippen LogP contribution in [0, 0.1) is 0 Å². The molecule has 8 heteroatoms. The van der Waals surface area contributed by atoms with Gasteiger partial charge in [-0.25, -0.2) is 13.2 Å². The Morgan fingerprint density at radius 3 is 2.71 bits per heavy atom. The molecule has 3 heterocycles. The van der Waals surface area contributed by atoms with Gasteiger partial charge < -0.3 is 5.11 Å². The molecule has 2 aliphatic rings. The number of hydrogen-bond donors (Lipinski definition) is 1. The fourth-order valence-corrected chi connectivity index (χ4v) is 5.91. The zero-order valence-electron chi connectivity index (χ0n) is 11.6. The van der Waals surface area contributed by atoms with Crippen LogP contribution in [-0.2, 0) is 10.0 Å². The number of aromatic carboxylic acids is 1. The summed E-state index contributed by atoms with van der Waals surface area (Å²) in [6.07, 6.45) is 2.99. The van der Waals surface area contributed by atoms with Gasteiger partial charge in [0, 0.05) is 19.1 Å². The van der Waals surface area contributed by atoms with Crippen LogP contribution in [0.15, 0.2) is 16.3 Å². The van der Waals surface area contributed by atoms with Crippen LogP contribution >= 0.6 is 11.3 Å². The third-order valence-electron chi connectivity index (χ3n) is 4.15. The van der Waals surface area contributed by atoms with Gasteiger partial charge in [-0.3, -0.25) is 4.90 Å². The Kier molecular flexibility index (Phi) is 4.04. The van der Waals surface area contributed by atoms with Crippen molar-refractivity contribution in [2.75, 3.05) is 26.2 Å². The highest BCUT2D eigenvalue weighted by Gasteiger charge is 2.35. The molecule has 0 spiro atoms. The number of carbonyl (C=O) groups is 1. The van der Waals surface area contributed by atoms with Crippen molar-refractivity contribution >= 4 is 27.3 Å². The second kappa shape index (κ2) is 5.68. The molecule has 0 aliphatic carbocycles. The summed E-state index contributed by atoms with van der Waals surface area (Å²) >= 11 is 0.831. The maximum Gasteiger partial charge on any atom is 0.345 e. The summed E-state index contributed by atoms with van der Waals surface area (Å²) in [6, 6.07) is 3.07. The highest BCUT2D eigenvalue weighted by molar-refractivity contribution is 7.91. The predicted octanol–water partition coefficient (Wildman–Crippen LogP) is 1.31. The molecule has 21 heavy (non-hydrogen) atoms. The van der Waals surface area contributed by atoms with E-state index in [2.05, 4.69) is 4.90 Å². The molecule has 116 valence electrons. The third kappa shape index (κ3) is 2.85. The van der Waals surface area contributed by atoms with Crippen LogP contribution in [0.2, 0.25) is 0 Å². The lowest BCUT2D eigenvalue weighted by Gasteiger charge is -2.24. The molecule has 0 amide bonds. The lowest BCUT2D eigenvalue weighted by molar-refractivity contribution is 0.0702. The summed E-state index contributed by atoms with van der Waals surface area (Å²) < 4.78 is 27.0. The molecule has 0 radical (unpaired) electrons. The van der Waals surface area contributed by atoms with Gasteiger partial charge >= 0.3 is 5.97 Å². The summed E-state index contributed by atoms with van der Waals surface area (Å²) in [5.41, 5.74) is 0. The summed E-state index contributed by atoms with van der Waals surface area (Å²) in [6.45, 7) is 3.03. The average molecular weight is 330 g/mol. The van der Waals surface area contributed by atoms with Crippen molar-refractivity contribution in [3.8, 4) is 0 Å². The van der Waals surface area contributed by atoms with Gasteiger partial charge in [0.05, 0.1) is 0 Å². The van der Waals surface area contributed by atoms with Crippen molar-refractivity contribution in [1.82, 2.24) is 9.21 Å². The molecule has 2 aliphatic heterocycles.